The summed E-state index contributed by atoms with van der Waals surface area (Å²) in [6.45, 7) is 5.51. The summed E-state index contributed by atoms with van der Waals surface area (Å²) in [6.07, 6.45) is 11.2. The molecular formula is C28H33N5O3. The van der Waals surface area contributed by atoms with Gasteiger partial charge in [0.05, 0.1) is 12.0 Å². The maximum Gasteiger partial charge on any atom is 0.251 e. The van der Waals surface area contributed by atoms with Crippen molar-refractivity contribution in [2.75, 3.05) is 13.1 Å². The van der Waals surface area contributed by atoms with E-state index in [1.807, 2.05) is 43.0 Å². The van der Waals surface area contributed by atoms with Gasteiger partial charge in [-0.3, -0.25) is 20.0 Å². The summed E-state index contributed by atoms with van der Waals surface area (Å²) in [5, 5.41) is 21.4. The number of aromatic hydroxyl groups is 1. The lowest BCUT2D eigenvalue weighted by molar-refractivity contribution is -0.135. The lowest BCUT2D eigenvalue weighted by atomic mass is 9.73. The van der Waals surface area contributed by atoms with E-state index in [0.29, 0.717) is 23.1 Å². The molecule has 2 unspecified atom stereocenters. The number of nitrogens with two attached hydrogens (primary N) is 1. The molecule has 1 aliphatic carbocycles. The molecule has 5 N–H and O–H groups in total. The molecule has 8 nitrogen and oxygen atoms in total. The van der Waals surface area contributed by atoms with Crippen LogP contribution in [0.3, 0.4) is 0 Å². The number of hydrogen-bond acceptors (Lipinski definition) is 5. The van der Waals surface area contributed by atoms with Gasteiger partial charge >= 0.3 is 0 Å². The summed E-state index contributed by atoms with van der Waals surface area (Å²) < 4.78 is 0. The van der Waals surface area contributed by atoms with Crippen molar-refractivity contribution in [3.05, 3.63) is 83.2 Å². The predicted octanol–water partition coefficient (Wildman–Crippen LogP) is 3.23. The fourth-order valence-corrected chi connectivity index (χ4v) is 4.90. The number of amidine groups is 1. The average Bonchev–Trinajstić information content (AvgIpc) is 3.38. The first-order valence-corrected chi connectivity index (χ1v) is 12.2. The number of phenols is 1. The van der Waals surface area contributed by atoms with Gasteiger partial charge in [-0.25, -0.2) is 0 Å². The molecule has 0 bridgehead atoms. The van der Waals surface area contributed by atoms with E-state index in [9.17, 15) is 14.7 Å². The van der Waals surface area contributed by atoms with E-state index in [0.717, 1.165) is 31.5 Å². The summed E-state index contributed by atoms with van der Waals surface area (Å²) in [6, 6.07) is 7.78. The molecule has 1 fully saturated rings. The number of nitrogens with zero attached hydrogens (tertiary/aromatic N) is 2. The van der Waals surface area contributed by atoms with Crippen molar-refractivity contribution in [2.45, 2.75) is 39.2 Å². The van der Waals surface area contributed by atoms with Crippen LogP contribution in [-0.4, -0.2) is 45.7 Å². The van der Waals surface area contributed by atoms with Crippen molar-refractivity contribution in [3.63, 3.8) is 0 Å². The molecule has 0 radical (unpaired) electrons. The normalized spacial score (nSPS) is 19.4. The van der Waals surface area contributed by atoms with E-state index in [1.54, 1.807) is 30.6 Å². The van der Waals surface area contributed by atoms with Crippen molar-refractivity contribution >= 4 is 17.6 Å². The van der Waals surface area contributed by atoms with E-state index >= 15 is 0 Å². The topological polar surface area (TPSA) is 132 Å². The third kappa shape index (κ3) is 5.48. The van der Waals surface area contributed by atoms with Gasteiger partial charge in [0.2, 0.25) is 5.91 Å². The molecule has 1 aliphatic heterocycles. The Morgan fingerprint density at radius 1 is 1.28 bits per heavy atom. The van der Waals surface area contributed by atoms with Crippen LogP contribution in [0.2, 0.25) is 0 Å². The Labute approximate surface area is 211 Å². The first-order valence-electron chi connectivity index (χ1n) is 12.2. The second-order valence-electron chi connectivity index (χ2n) is 10.1. The molecule has 1 aromatic heterocycles. The van der Waals surface area contributed by atoms with Crippen LogP contribution in [0, 0.1) is 16.7 Å². The smallest absolute Gasteiger partial charge is 0.251 e. The highest BCUT2D eigenvalue weighted by molar-refractivity contribution is 5.98. The quantitative estimate of drug-likeness (QED) is 0.352. The molecular weight excluding hydrogens is 454 g/mol. The van der Waals surface area contributed by atoms with Gasteiger partial charge in [-0.2, -0.15) is 0 Å². The zero-order chi connectivity index (χ0) is 25.9. The zero-order valence-electron chi connectivity index (χ0n) is 20.7. The number of likely N-dealkylation sites (tertiary alicyclic amines) is 1. The van der Waals surface area contributed by atoms with E-state index in [-0.39, 0.29) is 29.3 Å². The number of allylic oxidation sites excluding steroid dienone is 1. The van der Waals surface area contributed by atoms with Gasteiger partial charge in [-0.15, -0.1) is 0 Å². The minimum Gasteiger partial charge on any atom is -0.508 e. The largest absolute Gasteiger partial charge is 0.508 e. The van der Waals surface area contributed by atoms with Crippen LogP contribution in [-0.2, 0) is 16.0 Å². The Morgan fingerprint density at radius 2 is 2.03 bits per heavy atom. The molecule has 0 saturated carbocycles. The number of rotatable bonds is 7. The monoisotopic (exact) mass is 487 g/mol. The van der Waals surface area contributed by atoms with Crippen LogP contribution in [0.5, 0.6) is 5.75 Å². The SMILES string of the molecule is CC1(C)C=C(C(=O)NC(Cc2cccnc2)c2cc(C(=N)N)ccc2O)C=CC1C(=O)N1CCCC1. The molecule has 36 heavy (non-hydrogen) atoms. The summed E-state index contributed by atoms with van der Waals surface area (Å²) in [5.74, 6) is -0.664. The molecule has 2 aromatic rings. The number of hydrogen-bond donors (Lipinski definition) is 4. The van der Waals surface area contributed by atoms with Crippen molar-refractivity contribution in [3.8, 4) is 5.75 Å². The number of carbonyl (C=O) groups is 2. The number of amides is 2. The highest BCUT2D eigenvalue weighted by atomic mass is 16.3. The number of pyridine rings is 1. The van der Waals surface area contributed by atoms with Gasteiger partial charge in [0.25, 0.3) is 5.91 Å². The number of nitrogen functional groups attached to an aromatic ring is 1. The minimum atomic E-state index is -0.595. The molecule has 2 atom stereocenters. The molecule has 188 valence electrons. The van der Waals surface area contributed by atoms with Crippen molar-refractivity contribution in [1.82, 2.24) is 15.2 Å². The second-order valence-corrected chi connectivity index (χ2v) is 10.1. The maximum absolute atomic E-state index is 13.4. The second kappa shape index (κ2) is 10.4. The fraction of sp³-hybridized carbons (Fsp3) is 0.357. The third-order valence-corrected chi connectivity index (χ3v) is 6.93. The molecule has 4 rings (SSSR count). The van der Waals surface area contributed by atoms with Gasteiger partial charge < -0.3 is 21.1 Å². The van der Waals surface area contributed by atoms with Gasteiger partial charge in [0.15, 0.2) is 0 Å². The van der Waals surface area contributed by atoms with Crippen LogP contribution in [0.15, 0.2) is 66.5 Å². The van der Waals surface area contributed by atoms with E-state index < -0.39 is 11.5 Å². The lowest BCUT2D eigenvalue weighted by Gasteiger charge is -2.34. The van der Waals surface area contributed by atoms with Gasteiger partial charge in [0.1, 0.15) is 11.6 Å². The average molecular weight is 488 g/mol. The van der Waals surface area contributed by atoms with Crippen LogP contribution in [0.1, 0.15) is 49.4 Å². The Hall–Kier alpha value is -3.94. The molecule has 8 heteroatoms. The number of aromatic nitrogens is 1. The fourth-order valence-electron chi connectivity index (χ4n) is 4.90. The lowest BCUT2D eigenvalue weighted by Crippen LogP contribution is -2.41. The zero-order valence-corrected chi connectivity index (χ0v) is 20.7. The van der Waals surface area contributed by atoms with E-state index in [4.69, 9.17) is 11.1 Å². The van der Waals surface area contributed by atoms with E-state index in [2.05, 4.69) is 10.3 Å². The highest BCUT2D eigenvalue weighted by Gasteiger charge is 2.38. The Balaban J connectivity index is 1.59. The first kappa shape index (κ1) is 25.2. The molecule has 1 saturated heterocycles. The predicted molar refractivity (Wildman–Crippen MR) is 138 cm³/mol. The Morgan fingerprint density at radius 3 is 2.67 bits per heavy atom. The van der Waals surface area contributed by atoms with Crippen LogP contribution >= 0.6 is 0 Å². The number of nitrogens with one attached hydrogen (secondary N) is 2. The summed E-state index contributed by atoms with van der Waals surface area (Å²) >= 11 is 0. The summed E-state index contributed by atoms with van der Waals surface area (Å²) in [4.78, 5) is 32.6. The molecule has 2 aliphatic rings. The summed E-state index contributed by atoms with van der Waals surface area (Å²) in [5.41, 5.74) is 7.39. The Kier molecular flexibility index (Phi) is 7.24. The first-order chi connectivity index (χ1) is 17.2. The van der Waals surface area contributed by atoms with Crippen molar-refractivity contribution < 1.29 is 14.7 Å². The number of phenolic OH excluding ortho intramolecular Hbond substituents is 1. The Bertz CT molecular complexity index is 1210. The maximum atomic E-state index is 13.4. The standard InChI is InChI=1S/C28H33N5O3/c1-28(2)16-20(7-9-22(28)27(36)33-12-3-4-13-33)26(35)32-23(14-18-6-5-11-31-17-18)21-15-19(25(29)30)8-10-24(21)34/h5-11,15-17,22-23,34H,3-4,12-14H2,1-2H3,(H3,29,30)(H,32,35). The van der Waals surface area contributed by atoms with Crippen LogP contribution in [0.25, 0.3) is 0 Å². The van der Waals surface area contributed by atoms with Crippen LogP contribution in [0.4, 0.5) is 0 Å². The number of benzene rings is 1. The summed E-state index contributed by atoms with van der Waals surface area (Å²) in [7, 11) is 0. The molecule has 2 amide bonds. The molecule has 1 aromatic carbocycles. The van der Waals surface area contributed by atoms with Gasteiger partial charge in [0, 0.05) is 42.2 Å². The van der Waals surface area contributed by atoms with Gasteiger partial charge in [-0.1, -0.05) is 38.1 Å². The van der Waals surface area contributed by atoms with E-state index in [1.165, 1.54) is 6.07 Å². The highest BCUT2D eigenvalue weighted by Crippen LogP contribution is 2.37. The van der Waals surface area contributed by atoms with Crippen molar-refractivity contribution in [2.24, 2.45) is 17.1 Å². The minimum absolute atomic E-state index is 0.000963. The molecule has 2 heterocycles. The third-order valence-electron chi connectivity index (χ3n) is 6.93. The van der Waals surface area contributed by atoms with Crippen molar-refractivity contribution in [1.29, 1.82) is 5.41 Å². The van der Waals surface area contributed by atoms with Gasteiger partial charge in [-0.05, 0) is 54.5 Å². The van der Waals surface area contributed by atoms with Crippen LogP contribution < -0.4 is 11.1 Å². The number of carbonyl (C=O) groups excluding carboxylic acids is 2. The molecule has 0 spiro atoms.